The van der Waals surface area contributed by atoms with Crippen LogP contribution >= 0.6 is 11.6 Å². The molecule has 0 atom stereocenters. The zero-order valence-corrected chi connectivity index (χ0v) is 14.3. The van der Waals surface area contributed by atoms with E-state index in [0.29, 0.717) is 5.69 Å². The van der Waals surface area contributed by atoms with E-state index in [4.69, 9.17) is 11.6 Å². The van der Waals surface area contributed by atoms with Gasteiger partial charge in [-0.3, -0.25) is 14.6 Å². The molecule has 1 saturated heterocycles. The van der Waals surface area contributed by atoms with E-state index in [9.17, 15) is 14.4 Å². The highest BCUT2D eigenvalue weighted by atomic mass is 35.5. The number of halogens is 1. The predicted molar refractivity (Wildman–Crippen MR) is 93.7 cm³/mol. The Morgan fingerprint density at radius 3 is 2.56 bits per heavy atom. The average Bonchev–Trinajstić information content (AvgIpc) is 2.77. The second-order valence-electron chi connectivity index (χ2n) is 6.03. The number of carbonyl (C=O) groups is 3. The average molecular weight is 359 g/mol. The first-order valence-electron chi connectivity index (χ1n) is 7.48. The Bertz CT molecular complexity index is 867. The molecule has 1 aromatic carbocycles. The van der Waals surface area contributed by atoms with Crippen molar-refractivity contribution in [3.63, 3.8) is 0 Å². The van der Waals surface area contributed by atoms with Crippen molar-refractivity contribution >= 4 is 40.8 Å². The Morgan fingerprint density at radius 1 is 1.24 bits per heavy atom. The molecule has 1 aliphatic rings. The normalized spacial score (nSPS) is 15.9. The number of hydrogen-bond acceptors (Lipinski definition) is 4. The molecule has 0 aliphatic carbocycles. The van der Waals surface area contributed by atoms with Gasteiger partial charge in [0.2, 0.25) is 0 Å². The molecule has 128 valence electrons. The highest BCUT2D eigenvalue weighted by Crippen LogP contribution is 2.33. The van der Waals surface area contributed by atoms with Crippen molar-refractivity contribution in [3.8, 4) is 0 Å². The third-order valence-corrected chi connectivity index (χ3v) is 4.01. The van der Waals surface area contributed by atoms with Crippen molar-refractivity contribution in [2.45, 2.75) is 19.4 Å². The minimum absolute atomic E-state index is 0.167. The summed E-state index contributed by atoms with van der Waals surface area (Å²) in [5, 5.41) is 5.42. The molecule has 1 aliphatic heterocycles. The molecule has 2 heterocycles. The molecule has 25 heavy (non-hydrogen) atoms. The van der Waals surface area contributed by atoms with Gasteiger partial charge in [0.1, 0.15) is 11.2 Å². The molecule has 0 radical (unpaired) electrons. The zero-order chi connectivity index (χ0) is 18.2. The van der Waals surface area contributed by atoms with Crippen LogP contribution in [0.1, 0.15) is 24.3 Å². The van der Waals surface area contributed by atoms with Crippen molar-refractivity contribution in [1.82, 2.24) is 10.3 Å². The molecule has 0 bridgehead atoms. The van der Waals surface area contributed by atoms with E-state index in [-0.39, 0.29) is 22.3 Å². The van der Waals surface area contributed by atoms with E-state index < -0.39 is 17.5 Å². The molecule has 1 fully saturated rings. The van der Waals surface area contributed by atoms with Crippen molar-refractivity contribution < 1.29 is 14.4 Å². The number of urea groups is 1. The minimum Gasteiger partial charge on any atom is -0.323 e. The van der Waals surface area contributed by atoms with Gasteiger partial charge in [-0.25, -0.2) is 9.69 Å². The lowest BCUT2D eigenvalue weighted by Crippen LogP contribution is -2.40. The number of benzene rings is 1. The second kappa shape index (κ2) is 6.18. The topological polar surface area (TPSA) is 91.4 Å². The number of anilines is 2. The van der Waals surface area contributed by atoms with Crippen LogP contribution < -0.4 is 15.5 Å². The van der Waals surface area contributed by atoms with E-state index >= 15 is 0 Å². The number of pyridine rings is 1. The number of hydrogen-bond donors (Lipinski definition) is 2. The van der Waals surface area contributed by atoms with E-state index in [2.05, 4.69) is 15.6 Å². The van der Waals surface area contributed by atoms with Crippen LogP contribution in [0.4, 0.5) is 16.2 Å². The predicted octanol–water partition coefficient (Wildman–Crippen LogP) is 2.82. The van der Waals surface area contributed by atoms with Crippen molar-refractivity contribution in [2.75, 3.05) is 10.2 Å². The van der Waals surface area contributed by atoms with Gasteiger partial charge in [-0.2, -0.15) is 0 Å². The maximum absolute atomic E-state index is 12.3. The number of carbonyl (C=O) groups excluding carboxylic acids is 3. The molecule has 7 nitrogen and oxygen atoms in total. The summed E-state index contributed by atoms with van der Waals surface area (Å²) < 4.78 is 0. The van der Waals surface area contributed by atoms with Crippen LogP contribution in [0.25, 0.3) is 0 Å². The molecule has 1 aromatic heterocycles. The number of nitrogens with one attached hydrogen (secondary N) is 2. The number of rotatable bonds is 3. The molecule has 0 spiro atoms. The maximum atomic E-state index is 12.3. The Morgan fingerprint density at radius 2 is 2.00 bits per heavy atom. The first-order valence-corrected chi connectivity index (χ1v) is 7.86. The van der Waals surface area contributed by atoms with E-state index in [1.807, 2.05) is 0 Å². The number of imide groups is 1. The summed E-state index contributed by atoms with van der Waals surface area (Å²) in [6, 6.07) is 9.01. The third kappa shape index (κ3) is 3.18. The van der Waals surface area contributed by atoms with E-state index in [1.165, 1.54) is 18.3 Å². The Kier molecular flexibility index (Phi) is 4.18. The minimum atomic E-state index is -0.994. The zero-order valence-electron chi connectivity index (χ0n) is 13.5. The maximum Gasteiger partial charge on any atom is 0.329 e. The fourth-order valence-electron chi connectivity index (χ4n) is 2.43. The monoisotopic (exact) mass is 358 g/mol. The summed E-state index contributed by atoms with van der Waals surface area (Å²) in [6.07, 6.45) is 1.52. The molecule has 2 aromatic rings. The summed E-state index contributed by atoms with van der Waals surface area (Å²) in [4.78, 5) is 41.5. The number of aromatic nitrogens is 1. The SMILES string of the molecule is CC1(C)NC(=O)N(c2ccc(NC(=O)c3ccccn3)cc2Cl)C1=O. The molecular formula is C17H15ClN4O3. The van der Waals surface area contributed by atoms with Crippen LogP contribution in [-0.4, -0.2) is 28.4 Å². The van der Waals surface area contributed by atoms with Crippen LogP contribution in [0.5, 0.6) is 0 Å². The Balaban J connectivity index is 1.83. The largest absolute Gasteiger partial charge is 0.329 e. The fraction of sp³-hybridized carbons (Fsp3) is 0.176. The number of amides is 4. The van der Waals surface area contributed by atoms with Gasteiger partial charge in [-0.1, -0.05) is 17.7 Å². The summed E-state index contributed by atoms with van der Waals surface area (Å²) in [5.74, 6) is -0.787. The van der Waals surface area contributed by atoms with E-state index in [0.717, 1.165) is 4.90 Å². The van der Waals surface area contributed by atoms with Gasteiger partial charge in [-0.15, -0.1) is 0 Å². The Hall–Kier alpha value is -2.93. The summed E-state index contributed by atoms with van der Waals surface area (Å²) in [6.45, 7) is 3.23. The molecular weight excluding hydrogens is 344 g/mol. The van der Waals surface area contributed by atoms with Gasteiger partial charge in [0.25, 0.3) is 11.8 Å². The van der Waals surface area contributed by atoms with Crippen molar-refractivity contribution in [2.24, 2.45) is 0 Å². The summed E-state index contributed by atoms with van der Waals surface area (Å²) in [7, 11) is 0. The smallest absolute Gasteiger partial charge is 0.323 e. The van der Waals surface area contributed by atoms with Crippen molar-refractivity contribution in [1.29, 1.82) is 0 Å². The lowest BCUT2D eigenvalue weighted by atomic mass is 10.1. The van der Waals surface area contributed by atoms with Crippen LogP contribution in [0.2, 0.25) is 5.02 Å². The quantitative estimate of drug-likeness (QED) is 0.825. The lowest BCUT2D eigenvalue weighted by Gasteiger charge is -2.17. The third-order valence-electron chi connectivity index (χ3n) is 3.70. The van der Waals surface area contributed by atoms with Crippen LogP contribution in [-0.2, 0) is 4.79 Å². The molecule has 0 unspecified atom stereocenters. The summed E-state index contributed by atoms with van der Waals surface area (Å²) >= 11 is 6.22. The molecule has 2 N–H and O–H groups in total. The molecule has 4 amide bonds. The first kappa shape index (κ1) is 16.9. The van der Waals surface area contributed by atoms with Crippen molar-refractivity contribution in [3.05, 3.63) is 53.3 Å². The Labute approximate surface area is 149 Å². The standard InChI is InChI=1S/C17H15ClN4O3/c1-17(2)15(24)22(16(25)21-17)13-7-6-10(9-11(13)18)20-14(23)12-5-3-4-8-19-12/h3-9H,1-2H3,(H,20,23)(H,21,25). The van der Waals surface area contributed by atoms with Crippen LogP contribution in [0.15, 0.2) is 42.6 Å². The van der Waals surface area contributed by atoms with Gasteiger partial charge < -0.3 is 10.6 Å². The van der Waals surface area contributed by atoms with Crippen LogP contribution in [0.3, 0.4) is 0 Å². The van der Waals surface area contributed by atoms with Gasteiger partial charge in [0, 0.05) is 11.9 Å². The van der Waals surface area contributed by atoms with Gasteiger partial charge in [0.05, 0.1) is 10.7 Å². The number of nitrogens with zero attached hydrogens (tertiary/aromatic N) is 2. The molecule has 3 rings (SSSR count). The fourth-order valence-corrected chi connectivity index (χ4v) is 2.69. The highest BCUT2D eigenvalue weighted by molar-refractivity contribution is 6.36. The van der Waals surface area contributed by atoms with Gasteiger partial charge >= 0.3 is 6.03 Å². The molecule has 8 heteroatoms. The van der Waals surface area contributed by atoms with Crippen LogP contribution in [0, 0.1) is 0 Å². The molecule has 0 saturated carbocycles. The van der Waals surface area contributed by atoms with Gasteiger partial charge in [0.15, 0.2) is 0 Å². The summed E-state index contributed by atoms with van der Waals surface area (Å²) in [5.41, 5.74) is -0.0495. The van der Waals surface area contributed by atoms with Gasteiger partial charge in [-0.05, 0) is 44.2 Å². The highest BCUT2D eigenvalue weighted by Gasteiger charge is 2.45. The van der Waals surface area contributed by atoms with E-state index in [1.54, 1.807) is 38.1 Å². The first-order chi connectivity index (χ1) is 11.8. The lowest BCUT2D eigenvalue weighted by molar-refractivity contribution is -0.121. The second-order valence-corrected chi connectivity index (χ2v) is 6.44.